The monoisotopic (exact) mass is 431 g/mol. The van der Waals surface area contributed by atoms with Crippen molar-refractivity contribution in [1.29, 1.82) is 0 Å². The molecule has 0 saturated carbocycles. The lowest BCUT2D eigenvalue weighted by Crippen LogP contribution is -2.26. The number of hydrogen-bond donors (Lipinski definition) is 2. The number of nitrogens with two attached hydrogens (primary N) is 1. The highest BCUT2D eigenvalue weighted by Crippen LogP contribution is 2.38. The molecule has 1 unspecified atom stereocenters. The molecule has 0 radical (unpaired) electrons. The molecule has 5 rings (SSSR count). The number of rotatable bonds is 3. The van der Waals surface area contributed by atoms with Gasteiger partial charge >= 0.3 is 0 Å². The zero-order valence-electron chi connectivity index (χ0n) is 17.7. The summed E-state index contributed by atoms with van der Waals surface area (Å²) in [6.07, 6.45) is 2.43. The van der Waals surface area contributed by atoms with Gasteiger partial charge < -0.3 is 20.4 Å². The summed E-state index contributed by atoms with van der Waals surface area (Å²) in [4.78, 5) is 25.3. The summed E-state index contributed by atoms with van der Waals surface area (Å²) in [5.74, 6) is 0.0481. The van der Waals surface area contributed by atoms with Crippen molar-refractivity contribution in [1.82, 2.24) is 19.9 Å². The second-order valence-corrected chi connectivity index (χ2v) is 8.07. The van der Waals surface area contributed by atoms with Gasteiger partial charge in [-0.15, -0.1) is 0 Å². The number of nitrogen functional groups attached to an aromatic ring is 1. The molecule has 0 amide bonds. The molecule has 0 fully saturated rings. The van der Waals surface area contributed by atoms with Gasteiger partial charge in [0.1, 0.15) is 17.1 Å². The van der Waals surface area contributed by atoms with Gasteiger partial charge in [0.25, 0.3) is 5.56 Å². The van der Waals surface area contributed by atoms with E-state index in [0.29, 0.717) is 28.8 Å². The number of nitrogens with zero attached hydrogens (tertiary/aromatic N) is 3. The summed E-state index contributed by atoms with van der Waals surface area (Å²) < 4.78 is 20.7. The fourth-order valence-electron chi connectivity index (χ4n) is 4.22. The molecule has 0 saturated heterocycles. The quantitative estimate of drug-likeness (QED) is 0.513. The van der Waals surface area contributed by atoms with Crippen LogP contribution in [0, 0.1) is 5.95 Å². The molecule has 1 aliphatic rings. The fraction of sp³-hybridized carbons (Fsp3) is 0.208. The third-order valence-electron chi connectivity index (χ3n) is 5.84. The summed E-state index contributed by atoms with van der Waals surface area (Å²) in [5, 5.41) is 1.28. The smallest absolute Gasteiger partial charge is 0.255 e. The van der Waals surface area contributed by atoms with E-state index in [0.717, 1.165) is 23.1 Å². The van der Waals surface area contributed by atoms with Crippen LogP contribution in [-0.4, -0.2) is 40.6 Å². The van der Waals surface area contributed by atoms with Gasteiger partial charge in [0.2, 0.25) is 5.95 Å². The van der Waals surface area contributed by atoms with E-state index in [1.165, 1.54) is 0 Å². The number of aromatic nitrogens is 3. The summed E-state index contributed by atoms with van der Waals surface area (Å²) in [6.45, 7) is 0.639. The number of halogens is 1. The van der Waals surface area contributed by atoms with Crippen LogP contribution in [0.5, 0.6) is 5.75 Å². The largest absolute Gasteiger partial charge is 0.493 e. The molecule has 1 aliphatic heterocycles. The van der Waals surface area contributed by atoms with Gasteiger partial charge in [-0.2, -0.15) is 9.37 Å². The van der Waals surface area contributed by atoms with Crippen LogP contribution in [0.1, 0.15) is 18.0 Å². The zero-order valence-corrected chi connectivity index (χ0v) is 17.7. The number of hydrogen-bond acceptors (Lipinski definition) is 6. The van der Waals surface area contributed by atoms with Crippen LogP contribution in [0.3, 0.4) is 0 Å². The minimum atomic E-state index is -0.735. The first-order chi connectivity index (χ1) is 15.4. The molecule has 3 N–H and O–H groups in total. The van der Waals surface area contributed by atoms with Crippen LogP contribution in [0.2, 0.25) is 0 Å². The summed E-state index contributed by atoms with van der Waals surface area (Å²) in [7, 11) is 4.03. The third kappa shape index (κ3) is 3.38. The van der Waals surface area contributed by atoms with Gasteiger partial charge in [0, 0.05) is 40.7 Å². The molecule has 0 aliphatic carbocycles. The summed E-state index contributed by atoms with van der Waals surface area (Å²) in [5.41, 5.74) is 8.58. The summed E-state index contributed by atoms with van der Waals surface area (Å²) >= 11 is 0. The maximum Gasteiger partial charge on any atom is 0.255 e. The van der Waals surface area contributed by atoms with Crippen LogP contribution >= 0.6 is 0 Å². The van der Waals surface area contributed by atoms with E-state index in [9.17, 15) is 9.18 Å². The molecule has 2 aromatic heterocycles. The van der Waals surface area contributed by atoms with E-state index in [4.69, 9.17) is 10.5 Å². The molecular weight excluding hydrogens is 409 g/mol. The molecular formula is C24H22FN5O2. The van der Waals surface area contributed by atoms with E-state index in [1.54, 1.807) is 36.5 Å². The topological polar surface area (TPSA) is 97.1 Å². The van der Waals surface area contributed by atoms with Crippen molar-refractivity contribution in [3.05, 3.63) is 70.5 Å². The van der Waals surface area contributed by atoms with Crippen LogP contribution in [-0.2, 0) is 0 Å². The van der Waals surface area contributed by atoms with E-state index in [2.05, 4.69) is 19.9 Å². The van der Waals surface area contributed by atoms with Crippen molar-refractivity contribution in [2.75, 3.05) is 26.4 Å². The molecule has 4 aromatic rings. The first-order valence-electron chi connectivity index (χ1n) is 10.3. The van der Waals surface area contributed by atoms with E-state index in [1.807, 2.05) is 26.2 Å². The zero-order chi connectivity index (χ0) is 22.4. The van der Waals surface area contributed by atoms with Crippen molar-refractivity contribution in [2.24, 2.45) is 0 Å². The van der Waals surface area contributed by atoms with Crippen LogP contribution < -0.4 is 16.0 Å². The fourth-order valence-corrected chi connectivity index (χ4v) is 4.22. The maximum atomic E-state index is 14.9. The number of benzene rings is 2. The number of pyridine rings is 1. The third-order valence-corrected chi connectivity index (χ3v) is 5.84. The summed E-state index contributed by atoms with van der Waals surface area (Å²) in [6, 6.07) is 12.7. The number of aromatic amines is 1. The molecule has 7 nitrogen and oxygen atoms in total. The second kappa shape index (κ2) is 7.72. The van der Waals surface area contributed by atoms with Crippen LogP contribution in [0.4, 0.5) is 10.2 Å². The highest BCUT2D eigenvalue weighted by molar-refractivity contribution is 5.87. The Bertz CT molecular complexity index is 1400. The number of nitrogens with one attached hydrogen (secondary N) is 1. The van der Waals surface area contributed by atoms with Crippen molar-refractivity contribution in [3.63, 3.8) is 0 Å². The van der Waals surface area contributed by atoms with E-state index < -0.39 is 5.95 Å². The Morgan fingerprint density at radius 3 is 2.69 bits per heavy atom. The molecule has 1 atom stereocenters. The predicted molar refractivity (Wildman–Crippen MR) is 122 cm³/mol. The molecule has 162 valence electrons. The Morgan fingerprint density at radius 2 is 1.88 bits per heavy atom. The highest BCUT2D eigenvalue weighted by atomic mass is 19.1. The van der Waals surface area contributed by atoms with Gasteiger partial charge in [-0.25, -0.2) is 4.98 Å². The van der Waals surface area contributed by atoms with Gasteiger partial charge in [-0.05, 0) is 55.9 Å². The van der Waals surface area contributed by atoms with Gasteiger partial charge in [-0.1, -0.05) is 6.07 Å². The Kier molecular flexibility index (Phi) is 4.86. The normalized spacial score (nSPS) is 15.6. The van der Waals surface area contributed by atoms with Crippen molar-refractivity contribution < 1.29 is 9.13 Å². The molecule has 0 bridgehead atoms. The Morgan fingerprint density at radius 1 is 1.09 bits per heavy atom. The second-order valence-electron chi connectivity index (χ2n) is 8.07. The first kappa shape index (κ1) is 20.1. The molecule has 3 heterocycles. The Balaban J connectivity index is 1.64. The average molecular weight is 431 g/mol. The number of anilines is 1. The maximum absolute atomic E-state index is 14.9. The molecule has 2 aromatic carbocycles. The lowest BCUT2D eigenvalue weighted by molar-refractivity contribution is 0.190. The Hall–Kier alpha value is -3.78. The van der Waals surface area contributed by atoms with Crippen molar-refractivity contribution >= 4 is 16.6 Å². The number of H-pyrrole nitrogens is 1. The minimum absolute atomic E-state index is 0.0112. The highest BCUT2D eigenvalue weighted by Gasteiger charge is 2.25. The Labute approximate surface area is 183 Å². The van der Waals surface area contributed by atoms with Gasteiger partial charge in [0.15, 0.2) is 5.82 Å². The van der Waals surface area contributed by atoms with E-state index in [-0.39, 0.29) is 23.1 Å². The average Bonchev–Trinajstić information content (AvgIpc) is 2.78. The van der Waals surface area contributed by atoms with Crippen molar-refractivity contribution in [3.8, 4) is 28.3 Å². The lowest BCUT2D eigenvalue weighted by atomic mass is 9.96. The number of ether oxygens (including phenoxy) is 1. The van der Waals surface area contributed by atoms with E-state index >= 15 is 0 Å². The molecule has 8 heteroatoms. The first-order valence-corrected chi connectivity index (χ1v) is 10.3. The van der Waals surface area contributed by atoms with Gasteiger partial charge in [0.05, 0.1) is 6.61 Å². The standard InChI is InChI=1S/C24H22FN5O2/c1-30(2)18-8-10-32-19-6-4-15(12-17(18)19)20-22(25)29-23(26)21(28-20)14-3-5-16-13(11-14)7-9-27-24(16)31/h3-7,9,11-12,18H,8,10H2,1-2H3,(H2,26,29)(H,27,31). The molecule has 32 heavy (non-hydrogen) atoms. The lowest BCUT2D eigenvalue weighted by Gasteiger charge is -2.31. The number of fused-ring (bicyclic) bond motifs is 2. The van der Waals surface area contributed by atoms with Gasteiger partial charge in [-0.3, -0.25) is 4.79 Å². The van der Waals surface area contributed by atoms with Crippen molar-refractivity contribution in [2.45, 2.75) is 12.5 Å². The van der Waals surface area contributed by atoms with Crippen LogP contribution in [0.15, 0.2) is 53.5 Å². The predicted octanol–water partition coefficient (Wildman–Crippen LogP) is 3.76. The minimum Gasteiger partial charge on any atom is -0.493 e. The molecule has 0 spiro atoms. The van der Waals surface area contributed by atoms with Crippen LogP contribution in [0.25, 0.3) is 33.3 Å². The SMILES string of the molecule is CN(C)C1CCOc2ccc(-c3nc(-c4ccc5c(=O)[nH]ccc5c4)c(N)nc3F)cc21.